The molecule has 3 aromatic rings. The third-order valence-corrected chi connectivity index (χ3v) is 5.62. The van der Waals surface area contributed by atoms with Gasteiger partial charge in [-0.3, -0.25) is 9.59 Å². The van der Waals surface area contributed by atoms with Crippen molar-refractivity contribution in [2.24, 2.45) is 0 Å². The molecule has 0 heterocycles. The summed E-state index contributed by atoms with van der Waals surface area (Å²) in [5.41, 5.74) is 2.37. The predicted molar refractivity (Wildman–Crippen MR) is 140 cm³/mol. The minimum Gasteiger partial charge on any atom is -0.497 e. The number of carbonyl (C=O) groups is 2. The molecule has 0 aliphatic carbocycles. The number of hydrogen-bond donors (Lipinski definition) is 2. The van der Waals surface area contributed by atoms with E-state index in [1.165, 1.54) is 30.3 Å². The van der Waals surface area contributed by atoms with Crippen molar-refractivity contribution in [3.63, 3.8) is 0 Å². The van der Waals surface area contributed by atoms with E-state index in [1.54, 1.807) is 14.2 Å². The number of nitrogens with one attached hydrogen (secondary N) is 2. The summed E-state index contributed by atoms with van der Waals surface area (Å²) in [4.78, 5) is 26.0. The molecule has 38 heavy (non-hydrogen) atoms. The molecule has 200 valence electrons. The number of hydrogen-bond acceptors (Lipinski definition) is 5. The first-order valence-corrected chi connectivity index (χ1v) is 12.0. The number of benzene rings is 3. The van der Waals surface area contributed by atoms with Gasteiger partial charge in [-0.05, 0) is 72.0 Å². The number of alkyl halides is 2. The van der Waals surface area contributed by atoms with Crippen molar-refractivity contribution < 1.29 is 32.6 Å². The van der Waals surface area contributed by atoms with Gasteiger partial charge >= 0.3 is 6.61 Å². The quantitative estimate of drug-likeness (QED) is 0.197. The van der Waals surface area contributed by atoms with E-state index in [1.807, 2.05) is 48.5 Å². The van der Waals surface area contributed by atoms with Crippen LogP contribution in [0.1, 0.15) is 16.7 Å². The molecule has 0 atom stereocenters. The largest absolute Gasteiger partial charge is 0.497 e. The molecule has 2 N–H and O–H groups in total. The summed E-state index contributed by atoms with van der Waals surface area (Å²) in [5, 5.41) is 5.56. The van der Waals surface area contributed by atoms with Crippen LogP contribution in [0.25, 0.3) is 6.08 Å². The molecule has 0 spiro atoms. The first-order chi connectivity index (χ1) is 18.4. The van der Waals surface area contributed by atoms with Crippen LogP contribution < -0.4 is 24.8 Å². The van der Waals surface area contributed by atoms with Crippen molar-refractivity contribution in [3.05, 3.63) is 95.1 Å². The second-order valence-electron chi connectivity index (χ2n) is 8.21. The normalized spacial score (nSPS) is 10.4. The number of amides is 2. The summed E-state index contributed by atoms with van der Waals surface area (Å²) in [6, 6.07) is 20.6. The van der Waals surface area contributed by atoms with E-state index in [-0.39, 0.29) is 11.3 Å². The molecule has 0 aromatic heterocycles. The van der Waals surface area contributed by atoms with Crippen molar-refractivity contribution in [2.45, 2.75) is 19.5 Å². The van der Waals surface area contributed by atoms with Gasteiger partial charge in [0, 0.05) is 13.1 Å². The lowest BCUT2D eigenvalue weighted by Gasteiger charge is -2.11. The Bertz CT molecular complexity index is 1140. The van der Waals surface area contributed by atoms with E-state index < -0.39 is 18.4 Å². The first-order valence-electron chi connectivity index (χ1n) is 12.0. The summed E-state index contributed by atoms with van der Waals surface area (Å²) in [5.74, 6) is 0.354. The van der Waals surface area contributed by atoms with Crippen LogP contribution in [0.4, 0.5) is 8.78 Å². The van der Waals surface area contributed by atoms with Crippen LogP contribution in [0.5, 0.6) is 17.2 Å². The third kappa shape index (κ3) is 8.92. The molecule has 0 saturated carbocycles. The lowest BCUT2D eigenvalue weighted by atomic mass is 10.1. The van der Waals surface area contributed by atoms with E-state index in [0.29, 0.717) is 31.5 Å². The Morgan fingerprint density at radius 2 is 1.13 bits per heavy atom. The van der Waals surface area contributed by atoms with Crippen LogP contribution in [0.2, 0.25) is 0 Å². The third-order valence-electron chi connectivity index (χ3n) is 5.62. The molecule has 0 aliphatic heterocycles. The molecular formula is C29H30F2N2O5. The highest BCUT2D eigenvalue weighted by atomic mass is 19.3. The summed E-state index contributed by atoms with van der Waals surface area (Å²) >= 11 is 0. The highest BCUT2D eigenvalue weighted by Gasteiger charge is 2.18. The minimum absolute atomic E-state index is 0.0217. The monoisotopic (exact) mass is 524 g/mol. The van der Waals surface area contributed by atoms with Crippen molar-refractivity contribution in [2.75, 3.05) is 27.3 Å². The van der Waals surface area contributed by atoms with Crippen LogP contribution in [-0.4, -0.2) is 45.7 Å². The first kappa shape index (κ1) is 28.2. The summed E-state index contributed by atoms with van der Waals surface area (Å²) in [6.45, 7) is -2.33. The Kier molecular flexibility index (Phi) is 10.7. The van der Waals surface area contributed by atoms with Gasteiger partial charge in [0.2, 0.25) is 0 Å². The lowest BCUT2D eigenvalue weighted by molar-refractivity contribution is -0.123. The van der Waals surface area contributed by atoms with Gasteiger partial charge in [-0.15, -0.1) is 0 Å². The standard InChI is InChI=1S/C29H30F2N2O5/c1-36-23-9-3-20(4-10-23)15-17-32-27(34)26(19-22-7-13-25(14-8-22)38-29(30)31)28(35)33-18-16-21-5-11-24(37-2)12-6-21/h3-14,19,29H,15-18H2,1-2H3,(H,32,34)(H,33,35). The molecule has 0 fully saturated rings. The summed E-state index contributed by atoms with van der Waals surface area (Å²) in [6.07, 6.45) is 2.53. The number of methoxy groups -OCH3 is 2. The van der Waals surface area contributed by atoms with Gasteiger partial charge in [0.15, 0.2) is 0 Å². The molecule has 0 bridgehead atoms. The zero-order chi connectivity index (χ0) is 27.3. The number of rotatable bonds is 13. The van der Waals surface area contributed by atoms with Crippen LogP contribution >= 0.6 is 0 Å². The zero-order valence-electron chi connectivity index (χ0n) is 21.2. The Morgan fingerprint density at radius 3 is 1.53 bits per heavy atom. The van der Waals surface area contributed by atoms with Gasteiger partial charge in [-0.1, -0.05) is 36.4 Å². The predicted octanol–water partition coefficient (Wildman–Crippen LogP) is 4.41. The van der Waals surface area contributed by atoms with Gasteiger partial charge in [-0.25, -0.2) is 0 Å². The zero-order valence-corrected chi connectivity index (χ0v) is 21.2. The average molecular weight is 525 g/mol. The van der Waals surface area contributed by atoms with E-state index >= 15 is 0 Å². The second kappa shape index (κ2) is 14.4. The smallest absolute Gasteiger partial charge is 0.387 e. The fourth-order valence-electron chi connectivity index (χ4n) is 3.56. The van der Waals surface area contributed by atoms with Gasteiger partial charge in [-0.2, -0.15) is 8.78 Å². The van der Waals surface area contributed by atoms with Crippen LogP contribution in [-0.2, 0) is 22.4 Å². The molecule has 2 amide bonds. The van der Waals surface area contributed by atoms with Gasteiger partial charge < -0.3 is 24.8 Å². The Hall–Kier alpha value is -4.40. The van der Waals surface area contributed by atoms with Crippen LogP contribution in [0.15, 0.2) is 78.4 Å². The van der Waals surface area contributed by atoms with Crippen molar-refractivity contribution in [1.29, 1.82) is 0 Å². The SMILES string of the molecule is COc1ccc(CCNC(=O)C(=Cc2ccc(OC(F)F)cc2)C(=O)NCCc2ccc(OC)cc2)cc1. The van der Waals surface area contributed by atoms with Crippen LogP contribution in [0.3, 0.4) is 0 Å². The van der Waals surface area contributed by atoms with Gasteiger partial charge in [0.25, 0.3) is 11.8 Å². The topological polar surface area (TPSA) is 85.9 Å². The minimum atomic E-state index is -2.94. The molecule has 7 nitrogen and oxygen atoms in total. The molecule has 0 aliphatic rings. The highest BCUT2D eigenvalue weighted by molar-refractivity contribution is 6.21. The molecule has 3 aromatic carbocycles. The molecule has 0 radical (unpaired) electrons. The fraction of sp³-hybridized carbons (Fsp3) is 0.241. The van der Waals surface area contributed by atoms with E-state index in [9.17, 15) is 18.4 Å². The number of halogens is 2. The van der Waals surface area contributed by atoms with Crippen molar-refractivity contribution >= 4 is 17.9 Å². The maximum atomic E-state index is 13.0. The van der Waals surface area contributed by atoms with E-state index in [2.05, 4.69) is 15.4 Å². The summed E-state index contributed by atoms with van der Waals surface area (Å²) in [7, 11) is 3.18. The van der Waals surface area contributed by atoms with Gasteiger partial charge in [0.05, 0.1) is 14.2 Å². The average Bonchev–Trinajstić information content (AvgIpc) is 2.93. The van der Waals surface area contributed by atoms with E-state index in [0.717, 1.165) is 22.6 Å². The maximum Gasteiger partial charge on any atom is 0.387 e. The Labute approximate surface area is 220 Å². The molecule has 9 heteroatoms. The number of ether oxygens (including phenoxy) is 3. The van der Waals surface area contributed by atoms with E-state index in [4.69, 9.17) is 9.47 Å². The molecular weight excluding hydrogens is 494 g/mol. The lowest BCUT2D eigenvalue weighted by Crippen LogP contribution is -2.36. The van der Waals surface area contributed by atoms with Crippen molar-refractivity contribution in [1.82, 2.24) is 10.6 Å². The molecule has 0 unspecified atom stereocenters. The van der Waals surface area contributed by atoms with Gasteiger partial charge in [0.1, 0.15) is 22.8 Å². The highest BCUT2D eigenvalue weighted by Crippen LogP contribution is 2.17. The second-order valence-corrected chi connectivity index (χ2v) is 8.21. The maximum absolute atomic E-state index is 13.0. The Balaban J connectivity index is 1.66. The Morgan fingerprint density at radius 1 is 0.711 bits per heavy atom. The summed E-state index contributed by atoms with van der Waals surface area (Å²) < 4.78 is 39.6. The van der Waals surface area contributed by atoms with Crippen molar-refractivity contribution in [3.8, 4) is 17.2 Å². The van der Waals surface area contributed by atoms with Crippen LogP contribution in [0, 0.1) is 0 Å². The number of carbonyl (C=O) groups excluding carboxylic acids is 2. The fourth-order valence-corrected chi connectivity index (χ4v) is 3.56. The molecule has 0 saturated heterocycles. The molecule has 3 rings (SSSR count).